The molecule has 0 aromatic heterocycles. The van der Waals surface area contributed by atoms with Crippen molar-refractivity contribution in [3.63, 3.8) is 0 Å². The van der Waals surface area contributed by atoms with E-state index in [4.69, 9.17) is 9.16 Å². The Hall–Kier alpha value is -0.613. The van der Waals surface area contributed by atoms with Gasteiger partial charge >= 0.3 is 5.97 Å². The van der Waals surface area contributed by atoms with Gasteiger partial charge in [-0.1, -0.05) is 26.8 Å². The minimum absolute atomic E-state index is 0.264. The number of esters is 1. The number of hydrogen-bond donors (Lipinski definition) is 0. The molecular weight excluding hydrogens is 280 g/mol. The first-order valence-corrected chi connectivity index (χ1v) is 10.8. The monoisotopic (exact) mass is 314 g/mol. The summed E-state index contributed by atoms with van der Waals surface area (Å²) in [6.45, 7) is 17.7. The molecule has 0 aromatic rings. The smallest absolute Gasteiger partial charge is 0.330 e. The summed E-state index contributed by atoms with van der Waals surface area (Å²) in [6.07, 6.45) is 6.37. The summed E-state index contributed by atoms with van der Waals surface area (Å²) in [5.74, 6) is -0.264. The van der Waals surface area contributed by atoms with Crippen LogP contribution in [0.15, 0.2) is 12.2 Å². The van der Waals surface area contributed by atoms with Gasteiger partial charge in [-0.3, -0.25) is 0 Å². The van der Waals surface area contributed by atoms with Crippen LogP contribution in [0.4, 0.5) is 0 Å². The molecule has 0 aliphatic rings. The van der Waals surface area contributed by atoms with Crippen LogP contribution in [-0.2, 0) is 14.0 Å². The highest BCUT2D eigenvalue weighted by Gasteiger charge is 2.36. The van der Waals surface area contributed by atoms with Gasteiger partial charge in [-0.05, 0) is 58.2 Å². The average Bonchev–Trinajstić information content (AvgIpc) is 2.23. The van der Waals surface area contributed by atoms with Crippen LogP contribution in [0.5, 0.6) is 0 Å². The largest absolute Gasteiger partial charge is 0.457 e. The fraction of sp³-hybridized carbons (Fsp3) is 0.824. The molecule has 0 radical (unpaired) electrons. The van der Waals surface area contributed by atoms with E-state index >= 15 is 0 Å². The highest BCUT2D eigenvalue weighted by atomic mass is 28.4. The quantitative estimate of drug-likeness (QED) is 0.284. The molecule has 0 heterocycles. The second-order valence-electron chi connectivity index (χ2n) is 8.04. The molecule has 0 aromatic carbocycles. The first kappa shape index (κ1) is 20.4. The van der Waals surface area contributed by atoms with Crippen LogP contribution in [0.25, 0.3) is 0 Å². The lowest BCUT2D eigenvalue weighted by Crippen LogP contribution is -2.40. The number of carbonyl (C=O) groups is 1. The van der Waals surface area contributed by atoms with Crippen molar-refractivity contribution in [3.8, 4) is 0 Å². The third-order valence-electron chi connectivity index (χ3n) is 3.69. The van der Waals surface area contributed by atoms with Crippen molar-refractivity contribution in [3.05, 3.63) is 12.2 Å². The third kappa shape index (κ3) is 9.85. The van der Waals surface area contributed by atoms with E-state index in [1.165, 1.54) is 6.08 Å². The van der Waals surface area contributed by atoms with E-state index in [1.807, 2.05) is 26.8 Å². The summed E-state index contributed by atoms with van der Waals surface area (Å²) in [7, 11) is -1.61. The van der Waals surface area contributed by atoms with Crippen molar-refractivity contribution in [1.82, 2.24) is 0 Å². The Morgan fingerprint density at radius 2 is 1.62 bits per heavy atom. The van der Waals surface area contributed by atoms with Gasteiger partial charge in [0.25, 0.3) is 0 Å². The van der Waals surface area contributed by atoms with Gasteiger partial charge in [-0.15, -0.1) is 0 Å². The summed E-state index contributed by atoms with van der Waals surface area (Å²) < 4.78 is 11.3. The highest BCUT2D eigenvalue weighted by molar-refractivity contribution is 6.74. The van der Waals surface area contributed by atoms with Crippen molar-refractivity contribution in [2.24, 2.45) is 0 Å². The molecule has 3 nitrogen and oxygen atoms in total. The second-order valence-corrected chi connectivity index (χ2v) is 12.8. The molecule has 4 heteroatoms. The molecule has 0 bridgehead atoms. The first-order chi connectivity index (χ1) is 9.35. The normalized spacial score (nSPS) is 13.7. The van der Waals surface area contributed by atoms with Gasteiger partial charge in [0.1, 0.15) is 5.60 Å². The van der Waals surface area contributed by atoms with Crippen molar-refractivity contribution >= 4 is 14.3 Å². The first-order valence-electron chi connectivity index (χ1n) is 7.89. The molecule has 0 aliphatic carbocycles. The van der Waals surface area contributed by atoms with E-state index in [-0.39, 0.29) is 11.0 Å². The maximum atomic E-state index is 11.5. The van der Waals surface area contributed by atoms with Crippen molar-refractivity contribution in [1.29, 1.82) is 0 Å². The van der Waals surface area contributed by atoms with E-state index in [9.17, 15) is 4.79 Å². The van der Waals surface area contributed by atoms with Crippen molar-refractivity contribution in [2.45, 2.75) is 84.5 Å². The summed E-state index contributed by atoms with van der Waals surface area (Å²) >= 11 is 0. The number of rotatable bonds is 7. The molecule has 124 valence electrons. The van der Waals surface area contributed by atoms with Gasteiger partial charge in [0.2, 0.25) is 0 Å². The SMILES string of the molecule is CC(C)(C)OC(=O)/C=C/CCCCO[Si](C)(C)C(C)(C)C. The van der Waals surface area contributed by atoms with Crippen LogP contribution < -0.4 is 0 Å². The van der Waals surface area contributed by atoms with Gasteiger partial charge in [-0.2, -0.15) is 0 Å². The van der Waals surface area contributed by atoms with Gasteiger partial charge < -0.3 is 9.16 Å². The van der Waals surface area contributed by atoms with Crippen molar-refractivity contribution in [2.75, 3.05) is 6.61 Å². The maximum Gasteiger partial charge on any atom is 0.330 e. The molecule has 0 fully saturated rings. The Labute approximate surface area is 132 Å². The zero-order valence-electron chi connectivity index (χ0n) is 15.2. The predicted octanol–water partition coefficient (Wildman–Crippen LogP) is 5.08. The van der Waals surface area contributed by atoms with Crippen LogP contribution >= 0.6 is 0 Å². The predicted molar refractivity (Wildman–Crippen MR) is 92.0 cm³/mol. The average molecular weight is 315 g/mol. The fourth-order valence-electron chi connectivity index (χ4n) is 1.42. The van der Waals surface area contributed by atoms with E-state index < -0.39 is 13.9 Å². The number of hydrogen-bond acceptors (Lipinski definition) is 3. The topological polar surface area (TPSA) is 35.5 Å². The standard InChI is InChI=1S/C17H34O3Si/c1-16(2,3)20-15(18)13-11-9-10-12-14-19-21(7,8)17(4,5)6/h11,13H,9-10,12,14H2,1-8H3/b13-11+. The Morgan fingerprint density at radius 3 is 2.10 bits per heavy atom. The molecule has 0 saturated carbocycles. The van der Waals surface area contributed by atoms with Gasteiger partial charge in [0, 0.05) is 12.7 Å². The molecular formula is C17H34O3Si. The van der Waals surface area contributed by atoms with Crippen LogP contribution in [0.2, 0.25) is 18.1 Å². The Balaban J connectivity index is 3.81. The minimum Gasteiger partial charge on any atom is -0.457 e. The van der Waals surface area contributed by atoms with E-state index in [0.29, 0.717) is 0 Å². The molecule has 0 N–H and O–H groups in total. The lowest BCUT2D eigenvalue weighted by Gasteiger charge is -2.36. The Kier molecular flexibility index (Phi) is 7.90. The van der Waals surface area contributed by atoms with E-state index in [1.54, 1.807) is 0 Å². The number of ether oxygens (including phenoxy) is 1. The molecule has 21 heavy (non-hydrogen) atoms. The molecule has 0 rings (SSSR count). The van der Waals surface area contributed by atoms with E-state index in [2.05, 4.69) is 33.9 Å². The summed E-state index contributed by atoms with van der Waals surface area (Å²) in [5.41, 5.74) is -0.418. The Morgan fingerprint density at radius 1 is 1.05 bits per heavy atom. The van der Waals surface area contributed by atoms with E-state index in [0.717, 1.165) is 25.9 Å². The van der Waals surface area contributed by atoms with Gasteiger partial charge in [0.15, 0.2) is 8.32 Å². The minimum atomic E-state index is -1.61. The number of allylic oxidation sites excluding steroid dienone is 1. The highest BCUT2D eigenvalue weighted by Crippen LogP contribution is 2.36. The third-order valence-corrected chi connectivity index (χ3v) is 8.23. The van der Waals surface area contributed by atoms with Gasteiger partial charge in [-0.25, -0.2) is 4.79 Å². The summed E-state index contributed by atoms with van der Waals surface area (Å²) in [4.78, 5) is 11.5. The molecule has 0 spiro atoms. The van der Waals surface area contributed by atoms with Crippen LogP contribution in [0, 0.1) is 0 Å². The van der Waals surface area contributed by atoms with Crippen LogP contribution in [0.3, 0.4) is 0 Å². The second kappa shape index (κ2) is 8.13. The van der Waals surface area contributed by atoms with Crippen LogP contribution in [0.1, 0.15) is 60.8 Å². The maximum absolute atomic E-state index is 11.5. The molecule has 0 aliphatic heterocycles. The van der Waals surface area contributed by atoms with Gasteiger partial charge in [0.05, 0.1) is 0 Å². The van der Waals surface area contributed by atoms with Crippen molar-refractivity contribution < 1.29 is 14.0 Å². The van der Waals surface area contributed by atoms with Crippen LogP contribution in [-0.4, -0.2) is 26.5 Å². The Bertz CT molecular complexity index is 346. The number of carbonyl (C=O) groups excluding carboxylic acids is 1. The zero-order chi connectivity index (χ0) is 16.7. The fourth-order valence-corrected chi connectivity index (χ4v) is 2.51. The zero-order valence-corrected chi connectivity index (χ0v) is 16.2. The molecule has 0 atom stereocenters. The lowest BCUT2D eigenvalue weighted by molar-refractivity contribution is -0.148. The summed E-state index contributed by atoms with van der Waals surface area (Å²) in [5, 5.41) is 0.267. The molecule has 0 amide bonds. The lowest BCUT2D eigenvalue weighted by atomic mass is 10.2. The molecule has 0 saturated heterocycles. The molecule has 0 unspecified atom stereocenters. The summed E-state index contributed by atoms with van der Waals surface area (Å²) in [6, 6.07) is 0. The number of unbranched alkanes of at least 4 members (excludes halogenated alkanes) is 2.